The van der Waals surface area contributed by atoms with Crippen molar-refractivity contribution in [2.75, 3.05) is 18.4 Å². The van der Waals surface area contributed by atoms with Gasteiger partial charge < -0.3 is 10.2 Å². The van der Waals surface area contributed by atoms with Crippen LogP contribution in [0, 0.1) is 0 Å². The number of piperidine rings is 1. The highest BCUT2D eigenvalue weighted by Crippen LogP contribution is 2.37. The van der Waals surface area contributed by atoms with Crippen LogP contribution >= 0.6 is 11.3 Å². The number of likely N-dealkylation sites (tertiary alicyclic amines) is 1. The summed E-state index contributed by atoms with van der Waals surface area (Å²) in [5, 5.41) is 9.61. The zero-order valence-electron chi connectivity index (χ0n) is 13.0. The molecule has 1 atom stereocenters. The molecule has 7 heteroatoms. The Morgan fingerprint density at radius 3 is 2.91 bits per heavy atom. The zero-order valence-corrected chi connectivity index (χ0v) is 13.8. The molecule has 1 saturated heterocycles. The number of hydrogen-bond acceptors (Lipinski definition) is 5. The average molecular weight is 329 g/mol. The Morgan fingerprint density at radius 2 is 2.17 bits per heavy atom. The summed E-state index contributed by atoms with van der Waals surface area (Å²) in [5.74, 6) is 0.811. The molecule has 0 spiro atoms. The lowest BCUT2D eigenvalue weighted by Gasteiger charge is -2.33. The Hall–Kier alpha value is -2.15. The van der Waals surface area contributed by atoms with E-state index in [0.29, 0.717) is 5.95 Å². The van der Waals surface area contributed by atoms with Crippen molar-refractivity contribution >= 4 is 23.2 Å². The van der Waals surface area contributed by atoms with Gasteiger partial charge >= 0.3 is 0 Å². The van der Waals surface area contributed by atoms with Gasteiger partial charge in [-0.3, -0.25) is 4.79 Å². The first-order valence-electron chi connectivity index (χ1n) is 7.95. The van der Waals surface area contributed by atoms with E-state index in [1.807, 2.05) is 28.0 Å². The number of thiophene rings is 1. The van der Waals surface area contributed by atoms with Crippen molar-refractivity contribution in [2.45, 2.75) is 32.2 Å². The molecule has 0 radical (unpaired) electrons. The van der Waals surface area contributed by atoms with Crippen molar-refractivity contribution in [1.29, 1.82) is 0 Å². The van der Waals surface area contributed by atoms with E-state index in [-0.39, 0.29) is 11.9 Å². The number of hydrogen-bond donors (Lipinski definition) is 1. The molecule has 0 aromatic carbocycles. The number of nitrogens with one attached hydrogen (secondary N) is 1. The molecule has 2 aliphatic rings. The van der Waals surface area contributed by atoms with Gasteiger partial charge in [-0.1, -0.05) is 6.07 Å². The summed E-state index contributed by atoms with van der Waals surface area (Å²) in [6.45, 7) is 3.64. The SMILES string of the molecule is CC1=C(C(=O)N2CCCCC2)C(c2cccs2)n2ncnc2N1. The second-order valence-corrected chi connectivity index (χ2v) is 6.94. The Kier molecular flexibility index (Phi) is 3.65. The molecule has 120 valence electrons. The number of fused-ring (bicyclic) bond motifs is 1. The first kappa shape index (κ1) is 14.4. The Bertz CT molecular complexity index is 742. The molecule has 4 heterocycles. The van der Waals surface area contributed by atoms with Crippen LogP contribution in [0.1, 0.15) is 37.1 Å². The lowest BCUT2D eigenvalue weighted by atomic mass is 9.99. The minimum Gasteiger partial charge on any atom is -0.339 e. The first-order valence-corrected chi connectivity index (χ1v) is 8.83. The summed E-state index contributed by atoms with van der Waals surface area (Å²) < 4.78 is 1.82. The fourth-order valence-electron chi connectivity index (χ4n) is 3.35. The summed E-state index contributed by atoms with van der Waals surface area (Å²) in [6, 6.07) is 3.88. The summed E-state index contributed by atoms with van der Waals surface area (Å²) in [4.78, 5) is 20.5. The van der Waals surface area contributed by atoms with Gasteiger partial charge in [0.15, 0.2) is 0 Å². The van der Waals surface area contributed by atoms with E-state index >= 15 is 0 Å². The molecule has 0 aliphatic carbocycles. The fraction of sp³-hybridized carbons (Fsp3) is 0.438. The molecule has 4 rings (SSSR count). The number of allylic oxidation sites excluding steroid dienone is 1. The minimum atomic E-state index is -0.192. The minimum absolute atomic E-state index is 0.120. The molecule has 1 fully saturated rings. The lowest BCUT2D eigenvalue weighted by molar-refractivity contribution is -0.128. The highest BCUT2D eigenvalue weighted by atomic mass is 32.1. The summed E-state index contributed by atoms with van der Waals surface area (Å²) in [6.07, 6.45) is 4.92. The van der Waals surface area contributed by atoms with Crippen LogP contribution in [-0.2, 0) is 4.79 Å². The molecule has 2 aromatic rings. The number of anilines is 1. The topological polar surface area (TPSA) is 63.1 Å². The Balaban J connectivity index is 1.77. The van der Waals surface area contributed by atoms with Crippen molar-refractivity contribution in [3.05, 3.63) is 40.0 Å². The third-order valence-corrected chi connectivity index (χ3v) is 5.41. The average Bonchev–Trinajstić information content (AvgIpc) is 3.25. The van der Waals surface area contributed by atoms with Crippen molar-refractivity contribution < 1.29 is 4.79 Å². The number of aromatic nitrogens is 3. The van der Waals surface area contributed by atoms with Crippen LogP contribution in [0.5, 0.6) is 0 Å². The smallest absolute Gasteiger partial charge is 0.254 e. The van der Waals surface area contributed by atoms with Gasteiger partial charge in [-0.05, 0) is 37.6 Å². The molecule has 23 heavy (non-hydrogen) atoms. The fourth-order valence-corrected chi connectivity index (χ4v) is 4.16. The van der Waals surface area contributed by atoms with Gasteiger partial charge in [0.05, 0.1) is 5.57 Å². The van der Waals surface area contributed by atoms with Gasteiger partial charge in [0.25, 0.3) is 5.91 Å². The number of carbonyl (C=O) groups excluding carboxylic acids is 1. The van der Waals surface area contributed by atoms with Crippen LogP contribution in [0.3, 0.4) is 0 Å². The molecule has 1 N–H and O–H groups in total. The molecule has 2 aliphatic heterocycles. The molecule has 6 nitrogen and oxygen atoms in total. The van der Waals surface area contributed by atoms with Crippen molar-refractivity contribution in [3.63, 3.8) is 0 Å². The number of amides is 1. The second-order valence-electron chi connectivity index (χ2n) is 5.96. The van der Waals surface area contributed by atoms with Gasteiger partial charge in [-0.25, -0.2) is 4.68 Å². The van der Waals surface area contributed by atoms with Gasteiger partial charge in [0, 0.05) is 23.7 Å². The predicted molar refractivity (Wildman–Crippen MR) is 89.2 cm³/mol. The summed E-state index contributed by atoms with van der Waals surface area (Å²) in [7, 11) is 0. The summed E-state index contributed by atoms with van der Waals surface area (Å²) in [5.41, 5.74) is 1.66. The molecular formula is C16H19N5OS. The van der Waals surface area contributed by atoms with Crippen molar-refractivity contribution in [2.24, 2.45) is 0 Å². The van der Waals surface area contributed by atoms with Gasteiger partial charge in [-0.2, -0.15) is 10.1 Å². The quantitative estimate of drug-likeness (QED) is 0.920. The number of carbonyl (C=O) groups is 1. The van der Waals surface area contributed by atoms with E-state index in [4.69, 9.17) is 0 Å². The number of rotatable bonds is 2. The van der Waals surface area contributed by atoms with E-state index in [1.54, 1.807) is 11.3 Å². The first-order chi connectivity index (χ1) is 11.3. The Labute approximate surface area is 138 Å². The Morgan fingerprint density at radius 1 is 1.35 bits per heavy atom. The lowest BCUT2D eigenvalue weighted by Crippen LogP contribution is -2.40. The maximum absolute atomic E-state index is 13.2. The highest BCUT2D eigenvalue weighted by Gasteiger charge is 2.36. The van der Waals surface area contributed by atoms with Crippen LogP contribution < -0.4 is 5.32 Å². The second kappa shape index (κ2) is 5.81. The number of nitrogens with zero attached hydrogens (tertiary/aromatic N) is 4. The van der Waals surface area contributed by atoms with Gasteiger partial charge in [-0.15, -0.1) is 11.3 Å². The van der Waals surface area contributed by atoms with Crippen molar-refractivity contribution in [3.8, 4) is 0 Å². The molecule has 2 aromatic heterocycles. The third kappa shape index (κ3) is 2.45. The van der Waals surface area contributed by atoms with E-state index in [2.05, 4.69) is 21.5 Å². The van der Waals surface area contributed by atoms with E-state index < -0.39 is 0 Å². The van der Waals surface area contributed by atoms with Crippen LogP contribution in [0.25, 0.3) is 0 Å². The largest absolute Gasteiger partial charge is 0.339 e. The maximum Gasteiger partial charge on any atom is 0.254 e. The highest BCUT2D eigenvalue weighted by molar-refractivity contribution is 7.10. The van der Waals surface area contributed by atoms with Crippen LogP contribution in [0.4, 0.5) is 5.95 Å². The predicted octanol–water partition coefficient (Wildman–Crippen LogP) is 2.64. The molecular weight excluding hydrogens is 310 g/mol. The summed E-state index contributed by atoms with van der Waals surface area (Å²) >= 11 is 1.64. The van der Waals surface area contributed by atoms with E-state index in [9.17, 15) is 4.79 Å². The van der Waals surface area contributed by atoms with Crippen molar-refractivity contribution in [1.82, 2.24) is 19.7 Å². The monoisotopic (exact) mass is 329 g/mol. The third-order valence-electron chi connectivity index (χ3n) is 4.48. The maximum atomic E-state index is 13.2. The van der Waals surface area contributed by atoms with Crippen LogP contribution in [0.2, 0.25) is 0 Å². The molecule has 0 bridgehead atoms. The van der Waals surface area contributed by atoms with Gasteiger partial charge in [0.2, 0.25) is 5.95 Å². The molecule has 1 amide bonds. The van der Waals surface area contributed by atoms with E-state index in [1.165, 1.54) is 12.7 Å². The molecule has 1 unspecified atom stereocenters. The molecule has 0 saturated carbocycles. The normalized spacial score (nSPS) is 21.1. The van der Waals surface area contributed by atoms with Gasteiger partial charge in [0.1, 0.15) is 12.4 Å². The van der Waals surface area contributed by atoms with E-state index in [0.717, 1.165) is 42.1 Å². The van der Waals surface area contributed by atoms with Crippen LogP contribution in [-0.4, -0.2) is 38.7 Å². The van der Waals surface area contributed by atoms with Crippen LogP contribution in [0.15, 0.2) is 35.1 Å². The zero-order chi connectivity index (χ0) is 15.8. The standard InChI is InChI=1S/C16H19N5OS/c1-11-13(15(22)20-7-3-2-4-8-20)14(12-6-5-9-23-12)21-16(19-11)17-10-18-21/h5-6,9-10,14H,2-4,7-8H2,1H3,(H,17,18,19).